The molecular formula is C43H30. The number of hydrogen-bond donors (Lipinski definition) is 0. The second kappa shape index (κ2) is 9.68. The summed E-state index contributed by atoms with van der Waals surface area (Å²) >= 11 is 0. The fourth-order valence-corrected chi connectivity index (χ4v) is 7.66. The molecule has 0 N–H and O–H groups in total. The molecule has 0 radical (unpaired) electrons. The van der Waals surface area contributed by atoms with Gasteiger partial charge in [0.2, 0.25) is 0 Å². The third kappa shape index (κ3) is 3.84. The molecule has 8 aromatic carbocycles. The molecule has 0 fully saturated rings. The first-order chi connectivity index (χ1) is 21.3. The van der Waals surface area contributed by atoms with Crippen LogP contribution in [0, 0.1) is 0 Å². The zero-order valence-electron chi connectivity index (χ0n) is 24.0. The summed E-state index contributed by atoms with van der Waals surface area (Å²) in [4.78, 5) is 0. The van der Waals surface area contributed by atoms with Gasteiger partial charge in [0.1, 0.15) is 0 Å². The second-order valence-electron chi connectivity index (χ2n) is 11.9. The molecule has 0 heterocycles. The first kappa shape index (κ1) is 24.4. The van der Waals surface area contributed by atoms with E-state index in [4.69, 9.17) is 0 Å². The Morgan fingerprint density at radius 2 is 0.884 bits per heavy atom. The van der Waals surface area contributed by atoms with Gasteiger partial charge >= 0.3 is 0 Å². The minimum Gasteiger partial charge on any atom is -0.0616 e. The van der Waals surface area contributed by atoms with Crippen molar-refractivity contribution in [2.75, 3.05) is 0 Å². The molecule has 1 aliphatic rings. The molecule has 0 bridgehead atoms. The van der Waals surface area contributed by atoms with Gasteiger partial charge in [-0.2, -0.15) is 0 Å². The van der Waals surface area contributed by atoms with E-state index in [1.807, 2.05) is 0 Å². The SMILES string of the molecule is c1ccc2c(-c3ccc(-c4c5ccccc5c(-c5cc6c7c(cccc7c5)CCC6)c5ccccc45)cc3)cccc2c1. The van der Waals surface area contributed by atoms with Crippen LogP contribution in [0.5, 0.6) is 0 Å². The lowest BCUT2D eigenvalue weighted by molar-refractivity contribution is 0.808. The summed E-state index contributed by atoms with van der Waals surface area (Å²) in [5.41, 5.74) is 10.7. The molecule has 9 rings (SSSR count). The maximum absolute atomic E-state index is 2.48. The zero-order valence-corrected chi connectivity index (χ0v) is 24.0. The van der Waals surface area contributed by atoms with Gasteiger partial charge in [0.05, 0.1) is 0 Å². The summed E-state index contributed by atoms with van der Waals surface area (Å²) in [5.74, 6) is 0. The molecule has 0 heteroatoms. The highest BCUT2D eigenvalue weighted by Gasteiger charge is 2.19. The van der Waals surface area contributed by atoms with E-state index in [1.54, 1.807) is 0 Å². The van der Waals surface area contributed by atoms with Crippen molar-refractivity contribution in [3.63, 3.8) is 0 Å². The maximum Gasteiger partial charge on any atom is -0.00261 e. The fraction of sp³-hybridized carbons (Fsp3) is 0.0698. The Morgan fingerprint density at radius 3 is 1.60 bits per heavy atom. The predicted molar refractivity (Wildman–Crippen MR) is 185 cm³/mol. The standard InChI is InChI=1S/C43H30/c1-2-16-35-28(10-1)11-9-21-36(35)29-22-24-31(25-23-29)42-37-17-3-5-19-39(37)43(40-20-6-4-18-38(40)42)34-26-32-14-7-12-30-13-8-15-33(27-34)41(30)32/h1-7,9-12,14,16-27H,8,13,15H2. The van der Waals surface area contributed by atoms with Gasteiger partial charge < -0.3 is 0 Å². The Hall–Kier alpha value is -5.20. The topological polar surface area (TPSA) is 0 Å². The molecule has 8 aromatic rings. The number of benzene rings is 8. The summed E-state index contributed by atoms with van der Waals surface area (Å²) in [5, 5.41) is 10.6. The van der Waals surface area contributed by atoms with Crippen LogP contribution in [-0.2, 0) is 12.8 Å². The van der Waals surface area contributed by atoms with Gasteiger partial charge in [0, 0.05) is 0 Å². The molecule has 0 unspecified atom stereocenters. The smallest absolute Gasteiger partial charge is 0.00261 e. The molecule has 0 aliphatic heterocycles. The van der Waals surface area contributed by atoms with Crippen LogP contribution < -0.4 is 0 Å². The van der Waals surface area contributed by atoms with Crippen molar-refractivity contribution in [3.05, 3.63) is 157 Å². The highest BCUT2D eigenvalue weighted by atomic mass is 14.2. The van der Waals surface area contributed by atoms with Crippen LogP contribution in [0.2, 0.25) is 0 Å². The van der Waals surface area contributed by atoms with Crippen molar-refractivity contribution in [1.82, 2.24) is 0 Å². The summed E-state index contributed by atoms with van der Waals surface area (Å²) in [6.45, 7) is 0. The average molecular weight is 547 g/mol. The van der Waals surface area contributed by atoms with Crippen LogP contribution in [0.25, 0.3) is 76.5 Å². The molecule has 0 amide bonds. The van der Waals surface area contributed by atoms with Crippen LogP contribution in [-0.4, -0.2) is 0 Å². The summed E-state index contributed by atoms with van der Waals surface area (Å²) < 4.78 is 0. The van der Waals surface area contributed by atoms with Gasteiger partial charge in [-0.05, 0) is 113 Å². The number of hydrogen-bond acceptors (Lipinski definition) is 0. The van der Waals surface area contributed by atoms with Crippen LogP contribution >= 0.6 is 0 Å². The van der Waals surface area contributed by atoms with Gasteiger partial charge in [0.25, 0.3) is 0 Å². The van der Waals surface area contributed by atoms with Gasteiger partial charge in [0.15, 0.2) is 0 Å². The Balaban J connectivity index is 1.28. The van der Waals surface area contributed by atoms with Crippen LogP contribution in [0.15, 0.2) is 146 Å². The Kier molecular flexibility index (Phi) is 5.49. The Bertz CT molecular complexity index is 2290. The van der Waals surface area contributed by atoms with Crippen molar-refractivity contribution in [3.8, 4) is 33.4 Å². The molecule has 202 valence electrons. The van der Waals surface area contributed by atoms with Crippen molar-refractivity contribution in [2.45, 2.75) is 19.3 Å². The largest absolute Gasteiger partial charge is 0.0616 e. The van der Waals surface area contributed by atoms with E-state index in [2.05, 4.69) is 146 Å². The summed E-state index contributed by atoms with van der Waals surface area (Å²) in [6.07, 6.45) is 3.56. The lowest BCUT2D eigenvalue weighted by Gasteiger charge is -2.21. The van der Waals surface area contributed by atoms with Crippen molar-refractivity contribution in [1.29, 1.82) is 0 Å². The summed E-state index contributed by atoms with van der Waals surface area (Å²) in [7, 11) is 0. The number of aryl methyl sites for hydroxylation is 2. The molecule has 0 spiro atoms. The van der Waals surface area contributed by atoms with Crippen molar-refractivity contribution >= 4 is 43.1 Å². The second-order valence-corrected chi connectivity index (χ2v) is 11.9. The molecule has 0 saturated carbocycles. The van der Waals surface area contributed by atoms with E-state index in [1.165, 1.54) is 100 Å². The summed E-state index contributed by atoms with van der Waals surface area (Å²) in [6, 6.07) is 54.2. The van der Waals surface area contributed by atoms with E-state index in [-0.39, 0.29) is 0 Å². The number of fused-ring (bicyclic) bond motifs is 3. The zero-order chi connectivity index (χ0) is 28.3. The van der Waals surface area contributed by atoms with E-state index < -0.39 is 0 Å². The van der Waals surface area contributed by atoms with E-state index in [0.29, 0.717) is 0 Å². The average Bonchev–Trinajstić information content (AvgIpc) is 3.07. The normalized spacial score (nSPS) is 12.8. The fourth-order valence-electron chi connectivity index (χ4n) is 7.66. The van der Waals surface area contributed by atoms with Gasteiger partial charge in [-0.15, -0.1) is 0 Å². The third-order valence-electron chi connectivity index (χ3n) is 9.53. The predicted octanol–water partition coefficient (Wildman–Crippen LogP) is 11.8. The minimum absolute atomic E-state index is 1.15. The molecule has 0 aromatic heterocycles. The molecule has 0 saturated heterocycles. The van der Waals surface area contributed by atoms with E-state index >= 15 is 0 Å². The lowest BCUT2D eigenvalue weighted by Crippen LogP contribution is -2.01. The van der Waals surface area contributed by atoms with Crippen molar-refractivity contribution < 1.29 is 0 Å². The first-order valence-electron chi connectivity index (χ1n) is 15.4. The minimum atomic E-state index is 1.15. The van der Waals surface area contributed by atoms with Gasteiger partial charge in [-0.1, -0.05) is 140 Å². The Labute approximate surface area is 251 Å². The molecule has 0 atom stereocenters. The van der Waals surface area contributed by atoms with Crippen LogP contribution in [0.3, 0.4) is 0 Å². The van der Waals surface area contributed by atoms with Gasteiger partial charge in [-0.25, -0.2) is 0 Å². The third-order valence-corrected chi connectivity index (χ3v) is 9.53. The van der Waals surface area contributed by atoms with E-state index in [9.17, 15) is 0 Å². The van der Waals surface area contributed by atoms with Gasteiger partial charge in [-0.3, -0.25) is 0 Å². The highest BCUT2D eigenvalue weighted by Crippen LogP contribution is 2.45. The lowest BCUT2D eigenvalue weighted by atomic mass is 9.82. The van der Waals surface area contributed by atoms with Crippen LogP contribution in [0.1, 0.15) is 17.5 Å². The Morgan fingerprint density at radius 1 is 0.349 bits per heavy atom. The molecule has 43 heavy (non-hydrogen) atoms. The van der Waals surface area contributed by atoms with Crippen molar-refractivity contribution in [2.24, 2.45) is 0 Å². The highest BCUT2D eigenvalue weighted by molar-refractivity contribution is 6.22. The number of rotatable bonds is 3. The van der Waals surface area contributed by atoms with E-state index in [0.717, 1.165) is 6.42 Å². The quantitative estimate of drug-likeness (QED) is 0.193. The maximum atomic E-state index is 2.48. The van der Waals surface area contributed by atoms with Crippen LogP contribution in [0.4, 0.5) is 0 Å². The molecule has 1 aliphatic carbocycles. The molecule has 0 nitrogen and oxygen atoms in total. The molecular weight excluding hydrogens is 516 g/mol. The monoisotopic (exact) mass is 546 g/mol. The first-order valence-corrected chi connectivity index (χ1v) is 15.4.